The van der Waals surface area contributed by atoms with E-state index in [9.17, 15) is 27.2 Å². The molecular formula is C27H29F4N5O4. The van der Waals surface area contributed by atoms with Crippen LogP contribution >= 0.6 is 0 Å². The Bertz CT molecular complexity index is 1420. The number of halogens is 4. The zero-order valence-electron chi connectivity index (χ0n) is 21.6. The molecule has 4 N–H and O–H groups in total. The van der Waals surface area contributed by atoms with Gasteiger partial charge in [0.25, 0.3) is 5.91 Å². The number of aromatic amines is 1. The van der Waals surface area contributed by atoms with Gasteiger partial charge in [0.1, 0.15) is 36.1 Å². The maximum absolute atomic E-state index is 14.9. The predicted molar refractivity (Wildman–Crippen MR) is 136 cm³/mol. The molecule has 9 nitrogen and oxygen atoms in total. The molecule has 1 aromatic carbocycles. The van der Waals surface area contributed by atoms with Crippen molar-refractivity contribution in [2.45, 2.75) is 63.5 Å². The summed E-state index contributed by atoms with van der Waals surface area (Å²) in [6.45, 7) is 1.30. The van der Waals surface area contributed by atoms with Gasteiger partial charge in [-0.15, -0.1) is 0 Å². The van der Waals surface area contributed by atoms with Gasteiger partial charge >= 0.3 is 6.18 Å². The number of aliphatic hydroxyl groups excluding tert-OH is 1. The molecule has 5 rings (SSSR count). The van der Waals surface area contributed by atoms with Gasteiger partial charge in [-0.2, -0.15) is 13.2 Å². The van der Waals surface area contributed by atoms with Crippen molar-refractivity contribution in [3.63, 3.8) is 0 Å². The van der Waals surface area contributed by atoms with Crippen LogP contribution < -0.4 is 15.4 Å². The van der Waals surface area contributed by atoms with Crippen molar-refractivity contribution in [3.05, 3.63) is 41.3 Å². The smallest absolute Gasteiger partial charge is 0.416 e. The van der Waals surface area contributed by atoms with Gasteiger partial charge in [-0.1, -0.05) is 0 Å². The second-order valence-corrected chi connectivity index (χ2v) is 10.4. The molecule has 2 amide bonds. The summed E-state index contributed by atoms with van der Waals surface area (Å²) in [6, 6.07) is 1.95. The summed E-state index contributed by atoms with van der Waals surface area (Å²) in [5, 5.41) is 14.1. The molecule has 0 unspecified atom stereocenters. The van der Waals surface area contributed by atoms with E-state index in [-0.39, 0.29) is 46.4 Å². The van der Waals surface area contributed by atoms with Crippen molar-refractivity contribution >= 4 is 22.8 Å². The van der Waals surface area contributed by atoms with Crippen molar-refractivity contribution < 1.29 is 37.0 Å². The van der Waals surface area contributed by atoms with Crippen LogP contribution in [0.25, 0.3) is 22.3 Å². The summed E-state index contributed by atoms with van der Waals surface area (Å²) in [7, 11) is 0. The van der Waals surface area contributed by atoms with Crippen LogP contribution in [-0.2, 0) is 11.0 Å². The molecule has 2 saturated carbocycles. The summed E-state index contributed by atoms with van der Waals surface area (Å²) in [5.41, 5.74) is 0.359. The monoisotopic (exact) mass is 563 g/mol. The molecule has 2 aliphatic rings. The number of benzene rings is 1. The van der Waals surface area contributed by atoms with Gasteiger partial charge in [-0.3, -0.25) is 9.59 Å². The van der Waals surface area contributed by atoms with Crippen LogP contribution in [0.4, 0.5) is 17.6 Å². The molecule has 3 atom stereocenters. The first-order chi connectivity index (χ1) is 19.0. The Morgan fingerprint density at radius 1 is 1.15 bits per heavy atom. The fourth-order valence-corrected chi connectivity index (χ4v) is 5.04. The molecular weight excluding hydrogens is 534 g/mol. The largest absolute Gasteiger partial charge is 0.493 e. The third-order valence-corrected chi connectivity index (χ3v) is 7.33. The zero-order chi connectivity index (χ0) is 28.6. The summed E-state index contributed by atoms with van der Waals surface area (Å²) < 4.78 is 61.5. The second kappa shape index (κ2) is 11.0. The number of nitrogens with zero attached hydrogens (tertiary/aromatic N) is 2. The summed E-state index contributed by atoms with van der Waals surface area (Å²) in [4.78, 5) is 36.2. The van der Waals surface area contributed by atoms with Crippen molar-refractivity contribution in [2.24, 2.45) is 5.92 Å². The van der Waals surface area contributed by atoms with Crippen molar-refractivity contribution in [2.75, 3.05) is 13.2 Å². The van der Waals surface area contributed by atoms with Gasteiger partial charge in [0.2, 0.25) is 5.91 Å². The number of aryl methyl sites for hydroxylation is 1. The van der Waals surface area contributed by atoms with E-state index in [0.717, 1.165) is 25.0 Å². The lowest BCUT2D eigenvalue weighted by Crippen LogP contribution is -2.50. The van der Waals surface area contributed by atoms with Crippen LogP contribution in [0.3, 0.4) is 0 Å². The van der Waals surface area contributed by atoms with E-state index >= 15 is 0 Å². The molecule has 0 radical (unpaired) electrons. The fraction of sp³-hybridized carbons (Fsp3) is 0.481. The number of H-pyrrole nitrogens is 1. The van der Waals surface area contributed by atoms with Gasteiger partial charge in [-0.05, 0) is 56.7 Å². The highest BCUT2D eigenvalue weighted by Crippen LogP contribution is 2.40. The minimum Gasteiger partial charge on any atom is -0.493 e. The molecule has 13 heteroatoms. The van der Waals surface area contributed by atoms with E-state index in [2.05, 4.69) is 25.6 Å². The predicted octanol–water partition coefficient (Wildman–Crippen LogP) is 3.84. The quantitative estimate of drug-likeness (QED) is 0.309. The number of aromatic nitrogens is 3. The van der Waals surface area contributed by atoms with Crippen LogP contribution in [0.2, 0.25) is 0 Å². The number of carbonyl (C=O) groups excluding carboxylic acids is 2. The number of ether oxygens (including phenoxy) is 1. The lowest BCUT2D eigenvalue weighted by molar-refractivity contribution is -0.137. The molecule has 40 heavy (non-hydrogen) atoms. The number of rotatable bonds is 8. The average molecular weight is 564 g/mol. The number of alkyl halides is 4. The molecule has 2 aliphatic carbocycles. The van der Waals surface area contributed by atoms with E-state index in [1.165, 1.54) is 12.4 Å². The summed E-state index contributed by atoms with van der Waals surface area (Å²) in [6.07, 6.45) is -2.20. The Balaban J connectivity index is 1.43. The van der Waals surface area contributed by atoms with E-state index in [1.54, 1.807) is 6.92 Å². The van der Waals surface area contributed by atoms with Crippen molar-refractivity contribution in [3.8, 4) is 17.0 Å². The van der Waals surface area contributed by atoms with Crippen LogP contribution in [-0.4, -0.2) is 63.3 Å². The minimum absolute atomic E-state index is 0.0188. The van der Waals surface area contributed by atoms with Crippen LogP contribution in [0.5, 0.6) is 5.75 Å². The zero-order valence-corrected chi connectivity index (χ0v) is 21.6. The number of hydrogen-bond donors (Lipinski definition) is 4. The number of fused-ring (bicyclic) bond motifs is 1. The normalized spacial score (nSPS) is 21.3. The van der Waals surface area contributed by atoms with Gasteiger partial charge in [0.05, 0.1) is 29.3 Å². The van der Waals surface area contributed by atoms with Crippen LogP contribution in [0.15, 0.2) is 24.5 Å². The third kappa shape index (κ3) is 5.88. The van der Waals surface area contributed by atoms with Gasteiger partial charge < -0.3 is 25.5 Å². The molecule has 0 spiro atoms. The first-order valence-electron chi connectivity index (χ1n) is 13.1. The standard InChI is InChI=1S/C27H29F4N5O4/c1-13-22(26(39)36-19-6-5-16(9-18(19)28)35-21(38)10-37)24-25(34-13)23(32-12-33-24)17-8-15(27(29,30)31)4-7-20(17)40-11-14-2-3-14/h4,7-8,12,14,16,18-19,34,37H,2-3,5-6,9-11H2,1H3,(H,35,38)(H,36,39)/t16-,18+,19-/m0/s1. The second-order valence-electron chi connectivity index (χ2n) is 10.4. The number of aliphatic hydroxyl groups is 1. The van der Waals surface area contributed by atoms with Gasteiger partial charge in [-0.25, -0.2) is 14.4 Å². The SMILES string of the molecule is Cc1[nH]c2c(-c3cc(C(F)(F)F)ccc3OCC3CC3)ncnc2c1C(=O)N[C@H]1CC[C@H](NC(=O)CO)C[C@H]1F. The maximum atomic E-state index is 14.9. The molecule has 3 aromatic rings. The van der Waals surface area contributed by atoms with Crippen LogP contribution in [0, 0.1) is 12.8 Å². The van der Waals surface area contributed by atoms with Crippen molar-refractivity contribution in [1.82, 2.24) is 25.6 Å². The Hall–Kier alpha value is -3.74. The van der Waals surface area contributed by atoms with E-state index in [4.69, 9.17) is 9.84 Å². The Morgan fingerprint density at radius 2 is 1.93 bits per heavy atom. The molecule has 2 aromatic heterocycles. The summed E-state index contributed by atoms with van der Waals surface area (Å²) in [5.74, 6) is -0.577. The maximum Gasteiger partial charge on any atom is 0.416 e. The highest BCUT2D eigenvalue weighted by atomic mass is 19.4. The molecule has 214 valence electrons. The first kappa shape index (κ1) is 27.8. The van der Waals surface area contributed by atoms with Crippen LogP contribution in [0.1, 0.15) is 53.7 Å². The lowest BCUT2D eigenvalue weighted by atomic mass is 9.89. The van der Waals surface area contributed by atoms with Gasteiger partial charge in [0.15, 0.2) is 0 Å². The highest BCUT2D eigenvalue weighted by molar-refractivity contribution is 6.09. The average Bonchev–Trinajstić information content (AvgIpc) is 3.67. The lowest BCUT2D eigenvalue weighted by Gasteiger charge is -2.32. The van der Waals surface area contributed by atoms with Gasteiger partial charge in [0, 0.05) is 23.7 Å². The topological polar surface area (TPSA) is 129 Å². The molecule has 0 aliphatic heterocycles. The van der Waals surface area contributed by atoms with E-state index < -0.39 is 48.4 Å². The molecule has 2 fully saturated rings. The molecule has 2 heterocycles. The number of carbonyl (C=O) groups is 2. The Kier molecular flexibility index (Phi) is 7.67. The fourth-order valence-electron chi connectivity index (χ4n) is 5.04. The minimum atomic E-state index is -4.59. The number of amides is 2. The number of hydrogen-bond acceptors (Lipinski definition) is 6. The van der Waals surface area contributed by atoms with E-state index in [1.807, 2.05) is 0 Å². The Labute approximate surface area is 226 Å². The van der Waals surface area contributed by atoms with Crippen molar-refractivity contribution in [1.29, 1.82) is 0 Å². The molecule has 0 bridgehead atoms. The molecule has 0 saturated heterocycles. The van der Waals surface area contributed by atoms with E-state index in [0.29, 0.717) is 24.6 Å². The Morgan fingerprint density at radius 3 is 2.60 bits per heavy atom. The highest BCUT2D eigenvalue weighted by Gasteiger charge is 2.35. The third-order valence-electron chi connectivity index (χ3n) is 7.33. The summed E-state index contributed by atoms with van der Waals surface area (Å²) >= 11 is 0. The first-order valence-corrected chi connectivity index (χ1v) is 13.1. The number of nitrogens with one attached hydrogen (secondary N) is 3.